The van der Waals surface area contributed by atoms with Crippen molar-refractivity contribution in [1.29, 1.82) is 0 Å². The lowest BCUT2D eigenvalue weighted by Gasteiger charge is -2.59. The molecule has 0 aromatic heterocycles. The number of ketones is 1. The fraction of sp³-hybridized carbons (Fsp3) is 0.947. The molecule has 2 nitrogen and oxygen atoms in total. The molecule has 4 fully saturated rings. The van der Waals surface area contributed by atoms with E-state index in [-0.39, 0.29) is 12.0 Å². The molecule has 0 aromatic carbocycles. The van der Waals surface area contributed by atoms with E-state index in [1.165, 1.54) is 44.9 Å². The van der Waals surface area contributed by atoms with Gasteiger partial charge in [0.1, 0.15) is 5.78 Å². The Morgan fingerprint density at radius 3 is 2.71 bits per heavy atom. The molecule has 4 aliphatic rings. The number of rotatable bonds is 1. The molecule has 0 spiro atoms. The van der Waals surface area contributed by atoms with Crippen LogP contribution in [0.2, 0.25) is 0 Å². The third-order valence-electron chi connectivity index (χ3n) is 8.31. The lowest BCUT2D eigenvalue weighted by Crippen LogP contribution is -2.54. The maximum atomic E-state index is 12.4. The maximum absolute atomic E-state index is 12.4. The average Bonchev–Trinajstić information content (AvgIpc) is 2.84. The Morgan fingerprint density at radius 1 is 1.05 bits per heavy atom. The van der Waals surface area contributed by atoms with Gasteiger partial charge in [-0.1, -0.05) is 19.8 Å². The molecule has 0 radical (unpaired) electrons. The van der Waals surface area contributed by atoms with Crippen LogP contribution in [-0.2, 0) is 4.79 Å². The topological polar surface area (TPSA) is 37.3 Å². The number of hydrogen-bond acceptors (Lipinski definition) is 2. The van der Waals surface area contributed by atoms with E-state index >= 15 is 0 Å². The highest BCUT2D eigenvalue weighted by Crippen LogP contribution is 2.65. The third-order valence-corrected chi connectivity index (χ3v) is 8.31. The van der Waals surface area contributed by atoms with Gasteiger partial charge >= 0.3 is 0 Å². The summed E-state index contributed by atoms with van der Waals surface area (Å²) >= 11 is 0. The lowest BCUT2D eigenvalue weighted by molar-refractivity contribution is -0.146. The highest BCUT2D eigenvalue weighted by Gasteiger charge is 2.61. The first-order chi connectivity index (χ1) is 10.1. The number of carbonyl (C=O) groups is 1. The molecule has 6 atom stereocenters. The van der Waals surface area contributed by atoms with Crippen molar-refractivity contribution in [3.05, 3.63) is 0 Å². The van der Waals surface area contributed by atoms with E-state index in [4.69, 9.17) is 0 Å². The van der Waals surface area contributed by atoms with Crippen molar-refractivity contribution in [1.82, 2.24) is 0 Å². The van der Waals surface area contributed by atoms with E-state index in [0.29, 0.717) is 17.1 Å². The first-order valence-corrected chi connectivity index (χ1v) is 9.26. The molecule has 4 rings (SSSR count). The average molecular weight is 290 g/mol. The molecule has 1 unspecified atom stereocenters. The zero-order valence-electron chi connectivity index (χ0n) is 13.4. The Kier molecular flexibility index (Phi) is 3.26. The van der Waals surface area contributed by atoms with Crippen LogP contribution in [0.3, 0.4) is 0 Å². The minimum Gasteiger partial charge on any atom is -0.395 e. The smallest absolute Gasteiger partial charge is 0.141 e. The fourth-order valence-corrected chi connectivity index (χ4v) is 7.17. The van der Waals surface area contributed by atoms with Crippen LogP contribution >= 0.6 is 0 Å². The van der Waals surface area contributed by atoms with Gasteiger partial charge in [-0.15, -0.1) is 0 Å². The van der Waals surface area contributed by atoms with Crippen molar-refractivity contribution < 1.29 is 9.90 Å². The molecule has 4 aliphatic carbocycles. The van der Waals surface area contributed by atoms with Crippen molar-refractivity contribution >= 4 is 5.78 Å². The zero-order valence-corrected chi connectivity index (χ0v) is 13.4. The molecule has 0 heterocycles. The normalized spacial score (nSPS) is 53.0. The third kappa shape index (κ3) is 1.77. The lowest BCUT2D eigenvalue weighted by atomic mass is 9.45. The fourth-order valence-electron chi connectivity index (χ4n) is 7.17. The second-order valence-electron chi connectivity index (χ2n) is 8.72. The molecule has 1 N–H and O–H groups in total. The number of aliphatic hydroxyl groups excluding tert-OH is 1. The van der Waals surface area contributed by atoms with E-state index in [2.05, 4.69) is 6.92 Å². The summed E-state index contributed by atoms with van der Waals surface area (Å²) in [7, 11) is 0. The van der Waals surface area contributed by atoms with Crippen LogP contribution in [0.25, 0.3) is 0 Å². The standard InChI is InChI=1S/C19H30O2/c1-18-10-3-2-4-13(18)5-6-14-15(18)9-11-19(12-20)16(14)7-8-17(19)21/h13-16,20H,2-12H2,1H3/t13?,14-,15+,16+,18+,19-/m1/s1. The Balaban J connectivity index is 1.66. The summed E-state index contributed by atoms with van der Waals surface area (Å²) in [6, 6.07) is 0. The number of hydrogen-bond donors (Lipinski definition) is 1. The summed E-state index contributed by atoms with van der Waals surface area (Å²) < 4.78 is 0. The number of Topliss-reactive ketones (excluding diaryl/α,β-unsaturated/α-hetero) is 1. The highest BCUT2D eigenvalue weighted by atomic mass is 16.3. The number of aliphatic hydroxyl groups is 1. The van der Waals surface area contributed by atoms with Gasteiger partial charge in [0.15, 0.2) is 0 Å². The van der Waals surface area contributed by atoms with Gasteiger partial charge in [-0.25, -0.2) is 0 Å². The van der Waals surface area contributed by atoms with Crippen molar-refractivity contribution in [2.75, 3.05) is 6.61 Å². The van der Waals surface area contributed by atoms with Gasteiger partial charge in [-0.2, -0.15) is 0 Å². The first kappa shape index (κ1) is 14.2. The molecule has 0 bridgehead atoms. The van der Waals surface area contributed by atoms with E-state index in [9.17, 15) is 9.90 Å². The molecule has 0 aliphatic heterocycles. The second-order valence-corrected chi connectivity index (χ2v) is 8.72. The van der Waals surface area contributed by atoms with Gasteiger partial charge in [-0.05, 0) is 74.0 Å². The summed E-state index contributed by atoms with van der Waals surface area (Å²) in [5.41, 5.74) is 0.202. The van der Waals surface area contributed by atoms with Crippen LogP contribution in [0, 0.1) is 34.5 Å². The van der Waals surface area contributed by atoms with Crippen LogP contribution in [0.4, 0.5) is 0 Å². The molecule has 21 heavy (non-hydrogen) atoms. The minimum atomic E-state index is -0.334. The van der Waals surface area contributed by atoms with E-state index in [1.807, 2.05) is 0 Å². The molecule has 0 saturated heterocycles. The summed E-state index contributed by atoms with van der Waals surface area (Å²) in [6.45, 7) is 2.68. The predicted molar refractivity (Wildman–Crippen MR) is 82.8 cm³/mol. The number of carbonyl (C=O) groups excluding carboxylic acids is 1. The van der Waals surface area contributed by atoms with Crippen molar-refractivity contribution in [2.45, 2.75) is 71.1 Å². The van der Waals surface area contributed by atoms with Crippen LogP contribution in [0.5, 0.6) is 0 Å². The quantitative estimate of drug-likeness (QED) is 0.793. The van der Waals surface area contributed by atoms with Gasteiger partial charge in [0.2, 0.25) is 0 Å². The highest BCUT2D eigenvalue weighted by molar-refractivity contribution is 5.87. The Bertz CT molecular complexity index is 445. The summed E-state index contributed by atoms with van der Waals surface area (Å²) in [4.78, 5) is 12.4. The maximum Gasteiger partial charge on any atom is 0.141 e. The molecule has 0 amide bonds. The molecular formula is C19H30O2. The summed E-state index contributed by atoms with van der Waals surface area (Å²) in [5, 5.41) is 9.99. The van der Waals surface area contributed by atoms with Crippen LogP contribution < -0.4 is 0 Å². The second kappa shape index (κ2) is 4.81. The van der Waals surface area contributed by atoms with Crippen molar-refractivity contribution in [3.63, 3.8) is 0 Å². The van der Waals surface area contributed by atoms with E-state index < -0.39 is 0 Å². The van der Waals surface area contributed by atoms with E-state index in [0.717, 1.165) is 37.0 Å². The summed E-state index contributed by atoms with van der Waals surface area (Å²) in [6.07, 6.45) is 12.3. The minimum absolute atomic E-state index is 0.111. The van der Waals surface area contributed by atoms with Gasteiger partial charge in [0.25, 0.3) is 0 Å². The van der Waals surface area contributed by atoms with Gasteiger partial charge < -0.3 is 5.11 Å². The largest absolute Gasteiger partial charge is 0.395 e. The molecule has 4 saturated carbocycles. The Hall–Kier alpha value is -0.370. The number of fused-ring (bicyclic) bond motifs is 5. The van der Waals surface area contributed by atoms with E-state index in [1.54, 1.807) is 0 Å². The van der Waals surface area contributed by atoms with Crippen LogP contribution in [0.1, 0.15) is 71.1 Å². The van der Waals surface area contributed by atoms with Gasteiger partial charge in [0, 0.05) is 6.42 Å². The van der Waals surface area contributed by atoms with Gasteiger partial charge in [0.05, 0.1) is 12.0 Å². The first-order valence-electron chi connectivity index (χ1n) is 9.26. The van der Waals surface area contributed by atoms with Crippen LogP contribution in [-0.4, -0.2) is 17.5 Å². The van der Waals surface area contributed by atoms with Crippen molar-refractivity contribution in [3.8, 4) is 0 Å². The SMILES string of the molecule is C[C@]12CCCCC1CC[C@H]1[C@@H]3CCC(=O)[C@@]3(CO)CC[C@@H]12. The monoisotopic (exact) mass is 290 g/mol. The molecule has 118 valence electrons. The Labute approximate surface area is 128 Å². The van der Waals surface area contributed by atoms with Crippen LogP contribution in [0.15, 0.2) is 0 Å². The van der Waals surface area contributed by atoms with Crippen molar-refractivity contribution in [2.24, 2.45) is 34.5 Å². The van der Waals surface area contributed by atoms with Gasteiger partial charge in [-0.3, -0.25) is 4.79 Å². The molecular weight excluding hydrogens is 260 g/mol. The summed E-state index contributed by atoms with van der Waals surface area (Å²) in [5.74, 6) is 3.35. The molecule has 2 heteroatoms. The zero-order chi connectivity index (χ0) is 14.7. The predicted octanol–water partition coefficient (Wildman–Crippen LogP) is 3.96. The Morgan fingerprint density at radius 2 is 1.90 bits per heavy atom. The molecule has 0 aromatic rings.